The third kappa shape index (κ3) is 3.61. The van der Waals surface area contributed by atoms with Crippen LogP contribution in [0, 0.1) is 0 Å². The number of hydrogen-bond donors (Lipinski definition) is 2. The zero-order valence-electron chi connectivity index (χ0n) is 14.5. The number of benzene rings is 1. The second-order valence-electron chi connectivity index (χ2n) is 6.77. The van der Waals surface area contributed by atoms with E-state index in [1.807, 2.05) is 30.5 Å². The summed E-state index contributed by atoms with van der Waals surface area (Å²) in [5.41, 5.74) is 3.51. The van der Waals surface area contributed by atoms with Gasteiger partial charge in [0.05, 0.1) is 6.20 Å². The third-order valence-corrected chi connectivity index (χ3v) is 4.58. The average Bonchev–Trinajstić information content (AvgIpc) is 3.02. The molecule has 128 valence electrons. The number of carbonyl (C=O) groups is 1. The summed E-state index contributed by atoms with van der Waals surface area (Å²) in [5.74, 6) is 1.07. The summed E-state index contributed by atoms with van der Waals surface area (Å²) in [6.07, 6.45) is 4.04. The Morgan fingerprint density at radius 3 is 2.92 bits per heavy atom. The van der Waals surface area contributed by atoms with Gasteiger partial charge < -0.3 is 10.1 Å². The normalized spacial score (nSPS) is 18.1. The Morgan fingerprint density at radius 1 is 1.33 bits per heavy atom. The number of para-hydroxylation sites is 1. The molecule has 2 atom stereocenters. The molecule has 1 heterocycles. The fourth-order valence-electron chi connectivity index (χ4n) is 3.16. The molecule has 5 heteroatoms. The van der Waals surface area contributed by atoms with Gasteiger partial charge in [0, 0.05) is 18.2 Å². The fraction of sp³-hybridized carbons (Fsp3) is 0.474. The molecule has 0 spiro atoms. The van der Waals surface area contributed by atoms with Gasteiger partial charge in [-0.15, -0.1) is 0 Å². The molecule has 2 N–H and O–H groups in total. The van der Waals surface area contributed by atoms with Gasteiger partial charge in [-0.2, -0.15) is 5.10 Å². The molecule has 1 amide bonds. The van der Waals surface area contributed by atoms with Crippen molar-refractivity contribution in [1.29, 1.82) is 0 Å². The van der Waals surface area contributed by atoms with Gasteiger partial charge in [-0.05, 0) is 42.9 Å². The summed E-state index contributed by atoms with van der Waals surface area (Å²) >= 11 is 0. The number of fused-ring (bicyclic) bond motifs is 1. The number of aromatic amines is 1. The quantitative estimate of drug-likeness (QED) is 0.887. The van der Waals surface area contributed by atoms with Gasteiger partial charge in [0.1, 0.15) is 5.75 Å². The molecular weight excluding hydrogens is 302 g/mol. The highest BCUT2D eigenvalue weighted by molar-refractivity contribution is 5.81. The molecule has 0 fully saturated rings. The standard InChI is InChI=1S/C19H25N3O2/c1-12(2)16-6-4-5-7-18(16)24-13(3)19(23)21-15-9-8-14-11-20-22-17(14)10-15/h4-7,11-13,15H,8-10H2,1-3H3,(H,20,22)(H,21,23). The number of H-pyrrole nitrogens is 1. The van der Waals surface area contributed by atoms with Crippen LogP contribution in [0.5, 0.6) is 5.75 Å². The fourth-order valence-corrected chi connectivity index (χ4v) is 3.16. The smallest absolute Gasteiger partial charge is 0.261 e. The number of ether oxygens (including phenoxy) is 1. The van der Waals surface area contributed by atoms with Gasteiger partial charge >= 0.3 is 0 Å². The van der Waals surface area contributed by atoms with E-state index in [1.54, 1.807) is 6.92 Å². The minimum absolute atomic E-state index is 0.0680. The van der Waals surface area contributed by atoms with E-state index >= 15 is 0 Å². The highest BCUT2D eigenvalue weighted by Gasteiger charge is 2.24. The minimum atomic E-state index is -0.520. The van der Waals surface area contributed by atoms with Crippen LogP contribution in [-0.2, 0) is 17.6 Å². The van der Waals surface area contributed by atoms with Gasteiger partial charge in [0.15, 0.2) is 6.10 Å². The molecular formula is C19H25N3O2. The average molecular weight is 327 g/mol. The Kier molecular flexibility index (Phi) is 4.88. The minimum Gasteiger partial charge on any atom is -0.481 e. The summed E-state index contributed by atoms with van der Waals surface area (Å²) in [6.45, 7) is 6.05. The Morgan fingerprint density at radius 2 is 2.12 bits per heavy atom. The number of rotatable bonds is 5. The first-order valence-corrected chi connectivity index (χ1v) is 8.61. The maximum Gasteiger partial charge on any atom is 0.261 e. The summed E-state index contributed by atoms with van der Waals surface area (Å²) < 4.78 is 5.93. The Bertz CT molecular complexity index is 708. The lowest BCUT2D eigenvalue weighted by molar-refractivity contribution is -0.128. The van der Waals surface area contributed by atoms with Crippen molar-refractivity contribution in [3.8, 4) is 5.75 Å². The van der Waals surface area contributed by atoms with Gasteiger partial charge in [-0.3, -0.25) is 9.89 Å². The lowest BCUT2D eigenvalue weighted by atomic mass is 9.93. The maximum atomic E-state index is 12.5. The molecule has 2 unspecified atom stereocenters. The van der Waals surface area contributed by atoms with E-state index < -0.39 is 6.10 Å². The largest absolute Gasteiger partial charge is 0.481 e. The molecule has 0 aliphatic heterocycles. The molecule has 24 heavy (non-hydrogen) atoms. The van der Waals surface area contributed by atoms with E-state index in [2.05, 4.69) is 29.4 Å². The first-order valence-electron chi connectivity index (χ1n) is 8.61. The van der Waals surface area contributed by atoms with Crippen LogP contribution in [-0.4, -0.2) is 28.3 Å². The van der Waals surface area contributed by atoms with Crippen molar-refractivity contribution >= 4 is 5.91 Å². The van der Waals surface area contributed by atoms with E-state index in [0.29, 0.717) is 5.92 Å². The molecule has 0 saturated carbocycles. The second kappa shape index (κ2) is 7.07. The van der Waals surface area contributed by atoms with Crippen LogP contribution in [0.1, 0.15) is 49.9 Å². The van der Waals surface area contributed by atoms with Crippen molar-refractivity contribution in [2.75, 3.05) is 0 Å². The van der Waals surface area contributed by atoms with E-state index in [1.165, 1.54) is 5.56 Å². The first-order chi connectivity index (χ1) is 11.5. The number of amides is 1. The topological polar surface area (TPSA) is 67.0 Å². The van der Waals surface area contributed by atoms with Crippen LogP contribution in [0.3, 0.4) is 0 Å². The van der Waals surface area contributed by atoms with Crippen molar-refractivity contribution in [2.45, 2.75) is 58.1 Å². The van der Waals surface area contributed by atoms with Crippen LogP contribution >= 0.6 is 0 Å². The van der Waals surface area contributed by atoms with Crippen LogP contribution in [0.15, 0.2) is 30.5 Å². The molecule has 0 saturated heterocycles. The van der Waals surface area contributed by atoms with Crippen molar-refractivity contribution in [2.24, 2.45) is 0 Å². The zero-order chi connectivity index (χ0) is 17.1. The predicted molar refractivity (Wildman–Crippen MR) is 93.2 cm³/mol. The molecule has 1 aromatic carbocycles. The highest BCUT2D eigenvalue weighted by atomic mass is 16.5. The SMILES string of the molecule is CC(Oc1ccccc1C(C)C)C(=O)NC1CCc2cn[nH]c2C1. The number of aromatic nitrogens is 2. The number of nitrogens with zero attached hydrogens (tertiary/aromatic N) is 1. The van der Waals surface area contributed by atoms with Gasteiger partial charge in [0.25, 0.3) is 5.91 Å². The van der Waals surface area contributed by atoms with Crippen LogP contribution < -0.4 is 10.1 Å². The predicted octanol–water partition coefficient (Wildman–Crippen LogP) is 2.97. The Labute approximate surface area is 142 Å². The van der Waals surface area contributed by atoms with Gasteiger partial charge in [0.2, 0.25) is 0 Å². The van der Waals surface area contributed by atoms with Gasteiger partial charge in [-0.1, -0.05) is 32.0 Å². The number of hydrogen-bond acceptors (Lipinski definition) is 3. The Balaban J connectivity index is 1.60. The van der Waals surface area contributed by atoms with Crippen molar-refractivity contribution in [3.05, 3.63) is 47.3 Å². The number of nitrogens with one attached hydrogen (secondary N) is 2. The van der Waals surface area contributed by atoms with Crippen molar-refractivity contribution in [1.82, 2.24) is 15.5 Å². The van der Waals surface area contributed by atoms with E-state index in [0.717, 1.165) is 36.3 Å². The third-order valence-electron chi connectivity index (χ3n) is 4.58. The number of aryl methyl sites for hydroxylation is 1. The maximum absolute atomic E-state index is 12.5. The molecule has 0 radical (unpaired) electrons. The summed E-state index contributed by atoms with van der Waals surface area (Å²) in [6, 6.07) is 8.04. The molecule has 1 aromatic heterocycles. The monoisotopic (exact) mass is 327 g/mol. The molecule has 2 aromatic rings. The van der Waals surface area contributed by atoms with Crippen molar-refractivity contribution in [3.63, 3.8) is 0 Å². The summed E-state index contributed by atoms with van der Waals surface area (Å²) in [7, 11) is 0. The summed E-state index contributed by atoms with van der Waals surface area (Å²) in [5, 5.41) is 10.2. The highest BCUT2D eigenvalue weighted by Crippen LogP contribution is 2.27. The molecule has 0 bridgehead atoms. The van der Waals surface area contributed by atoms with Gasteiger partial charge in [-0.25, -0.2) is 0 Å². The molecule has 1 aliphatic carbocycles. The van der Waals surface area contributed by atoms with Crippen LogP contribution in [0.25, 0.3) is 0 Å². The lowest BCUT2D eigenvalue weighted by Gasteiger charge is -2.25. The van der Waals surface area contributed by atoms with Crippen LogP contribution in [0.2, 0.25) is 0 Å². The zero-order valence-corrected chi connectivity index (χ0v) is 14.5. The second-order valence-corrected chi connectivity index (χ2v) is 6.77. The van der Waals surface area contributed by atoms with Crippen molar-refractivity contribution < 1.29 is 9.53 Å². The van der Waals surface area contributed by atoms with E-state index in [4.69, 9.17) is 4.74 Å². The first kappa shape index (κ1) is 16.6. The molecule has 1 aliphatic rings. The number of carbonyl (C=O) groups excluding carboxylic acids is 1. The van der Waals surface area contributed by atoms with Crippen LogP contribution in [0.4, 0.5) is 0 Å². The molecule has 3 rings (SSSR count). The van der Waals surface area contributed by atoms with E-state index in [9.17, 15) is 4.79 Å². The van der Waals surface area contributed by atoms with E-state index in [-0.39, 0.29) is 11.9 Å². The Hall–Kier alpha value is -2.30. The molecule has 5 nitrogen and oxygen atoms in total. The summed E-state index contributed by atoms with van der Waals surface area (Å²) in [4.78, 5) is 12.5. The lowest BCUT2D eigenvalue weighted by Crippen LogP contribution is -2.44.